The van der Waals surface area contributed by atoms with Gasteiger partial charge in [0.25, 0.3) is 0 Å². The van der Waals surface area contributed by atoms with Crippen molar-refractivity contribution in [1.82, 2.24) is 0 Å². The lowest BCUT2D eigenvalue weighted by atomic mass is 9.64. The molecule has 0 radical (unpaired) electrons. The number of nitrogens with zero attached hydrogens (tertiary/aromatic N) is 1. The molecule has 1 aliphatic rings. The summed E-state index contributed by atoms with van der Waals surface area (Å²) in [5.41, 5.74) is 8.79. The largest absolute Gasteiger partial charge is 0.452 e. The summed E-state index contributed by atoms with van der Waals surface area (Å²) in [6, 6.07) is 23.6. The molecule has 0 aliphatic carbocycles. The van der Waals surface area contributed by atoms with E-state index < -0.39 is 0 Å². The molecular formula is C21H20BNO. The Hall–Kier alpha value is -2.52. The maximum Gasteiger partial charge on any atom is 0.452 e. The summed E-state index contributed by atoms with van der Waals surface area (Å²) in [5.74, 6) is 0. The number of fused-ring (bicyclic) bond motifs is 3. The molecule has 1 heterocycles. The van der Waals surface area contributed by atoms with Crippen LogP contribution in [0.5, 0.6) is 0 Å². The third kappa shape index (κ3) is 2.16. The number of anilines is 1. The molecule has 3 aromatic carbocycles. The van der Waals surface area contributed by atoms with E-state index in [0.717, 1.165) is 0 Å². The zero-order chi connectivity index (χ0) is 16.7. The van der Waals surface area contributed by atoms with Crippen molar-refractivity contribution < 1.29 is 4.65 Å². The first kappa shape index (κ1) is 15.0. The molecule has 0 unspecified atom stereocenters. The number of hydrogen-bond acceptors (Lipinski definition) is 2. The highest BCUT2D eigenvalue weighted by atomic mass is 16.4. The Balaban J connectivity index is 2.03. The molecule has 2 nitrogen and oxygen atoms in total. The van der Waals surface area contributed by atoms with Gasteiger partial charge in [0, 0.05) is 23.9 Å². The number of hydrogen-bond donors (Lipinski definition) is 0. The molecule has 0 saturated heterocycles. The van der Waals surface area contributed by atoms with Gasteiger partial charge < -0.3 is 9.47 Å². The van der Waals surface area contributed by atoms with E-state index in [1.165, 1.54) is 39.0 Å². The second-order valence-electron chi connectivity index (χ2n) is 6.30. The molecule has 0 bridgehead atoms. The fraction of sp³-hybridized carbons (Fsp3) is 0.143. The van der Waals surface area contributed by atoms with E-state index in [4.69, 9.17) is 4.65 Å². The van der Waals surface area contributed by atoms with Gasteiger partial charge in [-0.15, -0.1) is 0 Å². The lowest BCUT2D eigenvalue weighted by Crippen LogP contribution is -2.51. The van der Waals surface area contributed by atoms with Gasteiger partial charge in [0.15, 0.2) is 0 Å². The first-order valence-corrected chi connectivity index (χ1v) is 8.26. The van der Waals surface area contributed by atoms with Gasteiger partial charge in [-0.1, -0.05) is 66.7 Å². The number of rotatable bonds is 2. The highest BCUT2D eigenvalue weighted by molar-refractivity contribution is 6.73. The van der Waals surface area contributed by atoms with Crippen molar-refractivity contribution in [3.8, 4) is 22.3 Å². The van der Waals surface area contributed by atoms with Gasteiger partial charge in [-0.25, -0.2) is 0 Å². The summed E-state index contributed by atoms with van der Waals surface area (Å²) >= 11 is 0. The van der Waals surface area contributed by atoms with Crippen molar-refractivity contribution in [2.45, 2.75) is 6.92 Å². The van der Waals surface area contributed by atoms with Gasteiger partial charge in [0.1, 0.15) is 0 Å². The lowest BCUT2D eigenvalue weighted by molar-refractivity contribution is 0.428. The smallest absolute Gasteiger partial charge is 0.415 e. The topological polar surface area (TPSA) is 12.5 Å². The van der Waals surface area contributed by atoms with Crippen LogP contribution in [-0.4, -0.2) is 21.2 Å². The fourth-order valence-corrected chi connectivity index (χ4v) is 3.80. The molecule has 24 heavy (non-hydrogen) atoms. The average molecular weight is 313 g/mol. The summed E-state index contributed by atoms with van der Waals surface area (Å²) in [7, 11) is 3.82. The number of aryl methyl sites for hydroxylation is 1. The minimum absolute atomic E-state index is 0.0705. The summed E-state index contributed by atoms with van der Waals surface area (Å²) in [6.45, 7) is 2.17. The van der Waals surface area contributed by atoms with E-state index in [0.29, 0.717) is 0 Å². The summed E-state index contributed by atoms with van der Waals surface area (Å²) in [5, 5.41) is 0. The van der Waals surface area contributed by atoms with Gasteiger partial charge in [0.2, 0.25) is 0 Å². The zero-order valence-electron chi connectivity index (χ0n) is 14.3. The lowest BCUT2D eigenvalue weighted by Gasteiger charge is -2.35. The highest BCUT2D eigenvalue weighted by Crippen LogP contribution is 2.42. The van der Waals surface area contributed by atoms with E-state index in [9.17, 15) is 0 Å². The maximum atomic E-state index is 5.83. The average Bonchev–Trinajstić information content (AvgIpc) is 2.62. The molecule has 3 aromatic rings. The van der Waals surface area contributed by atoms with Gasteiger partial charge >= 0.3 is 7.05 Å². The van der Waals surface area contributed by atoms with Crippen LogP contribution < -0.4 is 10.3 Å². The molecule has 3 heteroatoms. The monoisotopic (exact) mass is 313 g/mol. The van der Waals surface area contributed by atoms with Crippen molar-refractivity contribution >= 4 is 18.2 Å². The van der Waals surface area contributed by atoms with E-state index in [1.54, 1.807) is 7.11 Å². The number of para-hydroxylation sites is 1. The minimum atomic E-state index is -0.0705. The Morgan fingerprint density at radius 1 is 0.750 bits per heavy atom. The first-order chi connectivity index (χ1) is 11.7. The quantitative estimate of drug-likeness (QED) is 0.660. The van der Waals surface area contributed by atoms with Gasteiger partial charge in [-0.3, -0.25) is 0 Å². The van der Waals surface area contributed by atoms with Crippen molar-refractivity contribution in [2.75, 3.05) is 19.0 Å². The van der Waals surface area contributed by atoms with Crippen LogP contribution in [0.1, 0.15) is 5.56 Å². The maximum absolute atomic E-state index is 5.83. The van der Waals surface area contributed by atoms with Crippen LogP contribution in [0.25, 0.3) is 22.3 Å². The molecule has 0 fully saturated rings. The Labute approximate surface area is 143 Å². The van der Waals surface area contributed by atoms with Crippen LogP contribution in [0, 0.1) is 6.92 Å². The molecule has 1 aliphatic heterocycles. The summed E-state index contributed by atoms with van der Waals surface area (Å²) < 4.78 is 5.83. The van der Waals surface area contributed by atoms with Crippen LogP contribution in [-0.2, 0) is 4.65 Å². The fourth-order valence-electron chi connectivity index (χ4n) is 3.80. The van der Waals surface area contributed by atoms with Crippen LogP contribution in [0.3, 0.4) is 0 Å². The van der Waals surface area contributed by atoms with Crippen LogP contribution in [0.15, 0.2) is 66.7 Å². The van der Waals surface area contributed by atoms with E-state index in [-0.39, 0.29) is 7.05 Å². The highest BCUT2D eigenvalue weighted by Gasteiger charge is 2.35. The van der Waals surface area contributed by atoms with Gasteiger partial charge in [-0.05, 0) is 36.1 Å². The molecule has 0 amide bonds. The van der Waals surface area contributed by atoms with Crippen molar-refractivity contribution in [3.05, 3.63) is 72.3 Å². The SMILES string of the molecule is COB1c2ccccc2-c2cccc(-c3ccccc3C)c2N1C. The van der Waals surface area contributed by atoms with Gasteiger partial charge in [-0.2, -0.15) is 0 Å². The molecular weight excluding hydrogens is 293 g/mol. The minimum Gasteiger partial charge on any atom is -0.415 e. The van der Waals surface area contributed by atoms with E-state index in [2.05, 4.69) is 85.5 Å². The van der Waals surface area contributed by atoms with Crippen LogP contribution in [0.4, 0.5) is 5.69 Å². The Bertz CT molecular complexity index is 906. The Kier molecular flexibility index (Phi) is 3.66. The van der Waals surface area contributed by atoms with E-state index >= 15 is 0 Å². The summed E-state index contributed by atoms with van der Waals surface area (Å²) in [4.78, 5) is 2.25. The third-order valence-corrected chi connectivity index (χ3v) is 4.92. The molecule has 0 atom stereocenters. The predicted octanol–water partition coefficient (Wildman–Crippen LogP) is 4.12. The van der Waals surface area contributed by atoms with Crippen LogP contribution in [0.2, 0.25) is 0 Å². The van der Waals surface area contributed by atoms with E-state index in [1.807, 2.05) is 0 Å². The van der Waals surface area contributed by atoms with Crippen molar-refractivity contribution in [2.24, 2.45) is 0 Å². The standard InChI is InChI=1S/C21H20BNO/c1-15-9-4-5-10-16(15)18-12-8-13-19-17-11-6-7-14-20(17)22(24-3)23(2)21(18)19/h4-14H,1-3H3. The molecule has 0 saturated carbocycles. The Morgan fingerprint density at radius 3 is 2.04 bits per heavy atom. The van der Waals surface area contributed by atoms with Crippen molar-refractivity contribution in [3.63, 3.8) is 0 Å². The normalized spacial score (nSPS) is 12.8. The number of benzene rings is 3. The molecule has 4 rings (SSSR count). The zero-order valence-corrected chi connectivity index (χ0v) is 14.3. The second-order valence-corrected chi connectivity index (χ2v) is 6.30. The van der Waals surface area contributed by atoms with Crippen LogP contribution >= 0.6 is 0 Å². The first-order valence-electron chi connectivity index (χ1n) is 8.26. The molecule has 118 valence electrons. The molecule has 0 spiro atoms. The third-order valence-electron chi connectivity index (χ3n) is 4.92. The molecule has 0 aromatic heterocycles. The second kappa shape index (κ2) is 5.84. The Morgan fingerprint density at radius 2 is 1.33 bits per heavy atom. The molecule has 0 N–H and O–H groups in total. The van der Waals surface area contributed by atoms with Gasteiger partial charge in [0.05, 0.1) is 0 Å². The predicted molar refractivity (Wildman–Crippen MR) is 103 cm³/mol. The summed E-state index contributed by atoms with van der Waals surface area (Å²) in [6.07, 6.45) is 0. The van der Waals surface area contributed by atoms with Crippen molar-refractivity contribution in [1.29, 1.82) is 0 Å².